The van der Waals surface area contributed by atoms with Crippen molar-refractivity contribution in [1.29, 1.82) is 0 Å². The third kappa shape index (κ3) is 2.77. The van der Waals surface area contributed by atoms with Crippen molar-refractivity contribution in [3.05, 3.63) is 66.1 Å². The lowest BCUT2D eigenvalue weighted by Gasteiger charge is -2.12. The summed E-state index contributed by atoms with van der Waals surface area (Å²) in [6.45, 7) is 0. The Kier molecular flexibility index (Phi) is 3.55. The Morgan fingerprint density at radius 2 is 1.74 bits per heavy atom. The second kappa shape index (κ2) is 5.42. The van der Waals surface area contributed by atoms with Crippen molar-refractivity contribution in [2.24, 2.45) is 0 Å². The van der Waals surface area contributed by atoms with Crippen molar-refractivity contribution in [2.45, 2.75) is 6.18 Å². The molecule has 0 spiro atoms. The van der Waals surface area contributed by atoms with Crippen molar-refractivity contribution in [1.82, 2.24) is 4.57 Å². The lowest BCUT2D eigenvalue weighted by Crippen LogP contribution is -2.20. The summed E-state index contributed by atoms with van der Waals surface area (Å²) in [7, 11) is 0. The van der Waals surface area contributed by atoms with Crippen LogP contribution in [0.5, 0.6) is 0 Å². The first-order valence-corrected chi connectivity index (χ1v) is 6.61. The molecule has 0 saturated heterocycles. The fourth-order valence-corrected chi connectivity index (χ4v) is 2.28. The van der Waals surface area contributed by atoms with E-state index < -0.39 is 29.3 Å². The first-order chi connectivity index (χ1) is 10.9. The smallest absolute Gasteiger partial charge is 0.304 e. The Hall–Kier alpha value is -2.83. The van der Waals surface area contributed by atoms with Crippen molar-refractivity contribution < 1.29 is 22.4 Å². The first-order valence-electron chi connectivity index (χ1n) is 6.61. The number of amides is 1. The predicted molar refractivity (Wildman–Crippen MR) is 77.8 cm³/mol. The quantitative estimate of drug-likeness (QED) is 0.637. The molecule has 0 aliphatic carbocycles. The number of hydrogen-bond acceptors (Lipinski definition) is 1. The molecule has 3 rings (SSSR count). The number of nitrogens with zero attached hydrogens (tertiary/aromatic N) is 1. The Morgan fingerprint density at radius 3 is 2.48 bits per heavy atom. The molecule has 1 N–H and O–H groups in total. The highest BCUT2D eigenvalue weighted by Crippen LogP contribution is 2.34. The number of benzene rings is 2. The number of para-hydroxylation sites is 1. The van der Waals surface area contributed by atoms with Crippen molar-refractivity contribution in [2.75, 3.05) is 5.32 Å². The third-order valence-corrected chi connectivity index (χ3v) is 3.36. The fraction of sp³-hybridized carbons (Fsp3) is 0.0625. The second-order valence-electron chi connectivity index (χ2n) is 4.84. The van der Waals surface area contributed by atoms with E-state index in [4.69, 9.17) is 0 Å². The van der Waals surface area contributed by atoms with Gasteiger partial charge in [0.25, 0.3) is 0 Å². The van der Waals surface area contributed by atoms with Gasteiger partial charge < -0.3 is 5.32 Å². The van der Waals surface area contributed by atoms with Crippen LogP contribution < -0.4 is 5.32 Å². The van der Waals surface area contributed by atoms with Crippen LogP contribution >= 0.6 is 0 Å². The van der Waals surface area contributed by atoms with Gasteiger partial charge in [0.2, 0.25) is 0 Å². The van der Waals surface area contributed by atoms with E-state index in [0.29, 0.717) is 11.6 Å². The molecule has 1 heterocycles. The molecule has 118 valence electrons. The van der Waals surface area contributed by atoms with E-state index in [-0.39, 0.29) is 0 Å². The number of fused-ring (bicyclic) bond motifs is 1. The molecule has 1 aromatic heterocycles. The monoisotopic (exact) mass is 322 g/mol. The Balaban J connectivity index is 1.95. The highest BCUT2D eigenvalue weighted by Gasteiger charge is 2.35. The van der Waals surface area contributed by atoms with E-state index in [1.54, 1.807) is 30.3 Å². The van der Waals surface area contributed by atoms with Gasteiger partial charge in [-0.3, -0.25) is 4.57 Å². The SMILES string of the molecule is O=C(Nc1cccc(C(F)(F)F)c1F)n1ccc2ccccc21. The zero-order valence-corrected chi connectivity index (χ0v) is 11.6. The normalized spacial score (nSPS) is 11.7. The van der Waals surface area contributed by atoms with Gasteiger partial charge in [-0.2, -0.15) is 13.2 Å². The molecule has 0 aliphatic heterocycles. The summed E-state index contributed by atoms with van der Waals surface area (Å²) in [5.41, 5.74) is -1.38. The van der Waals surface area contributed by atoms with Gasteiger partial charge in [-0.05, 0) is 24.3 Å². The van der Waals surface area contributed by atoms with Crippen LogP contribution in [0, 0.1) is 5.82 Å². The minimum atomic E-state index is -4.83. The van der Waals surface area contributed by atoms with E-state index >= 15 is 0 Å². The van der Waals surface area contributed by atoms with Crippen LogP contribution in [-0.2, 0) is 6.18 Å². The standard InChI is InChI=1S/C16H10F4N2O/c17-14-11(16(18,19)20)5-3-6-12(14)21-15(23)22-9-8-10-4-1-2-7-13(10)22/h1-9H,(H,21,23). The van der Waals surface area contributed by atoms with Gasteiger partial charge in [0.15, 0.2) is 5.82 Å². The molecule has 23 heavy (non-hydrogen) atoms. The number of nitrogens with one attached hydrogen (secondary N) is 1. The Morgan fingerprint density at radius 1 is 1.00 bits per heavy atom. The highest BCUT2D eigenvalue weighted by atomic mass is 19.4. The zero-order valence-electron chi connectivity index (χ0n) is 11.6. The van der Waals surface area contributed by atoms with Crippen molar-refractivity contribution >= 4 is 22.6 Å². The maximum absolute atomic E-state index is 13.9. The van der Waals surface area contributed by atoms with Crippen molar-refractivity contribution in [3.63, 3.8) is 0 Å². The molecule has 0 unspecified atom stereocenters. The molecule has 0 saturated carbocycles. The van der Waals surface area contributed by atoms with Gasteiger partial charge in [-0.15, -0.1) is 0 Å². The van der Waals surface area contributed by atoms with Crippen LogP contribution in [0.3, 0.4) is 0 Å². The van der Waals surface area contributed by atoms with Crippen LogP contribution in [0.1, 0.15) is 5.56 Å². The second-order valence-corrected chi connectivity index (χ2v) is 4.84. The van der Waals surface area contributed by atoms with E-state index in [2.05, 4.69) is 5.32 Å². The number of carbonyl (C=O) groups is 1. The summed E-state index contributed by atoms with van der Waals surface area (Å²) in [5, 5.41) is 2.95. The molecular formula is C16H10F4N2O. The molecular weight excluding hydrogens is 312 g/mol. The molecule has 0 atom stereocenters. The average Bonchev–Trinajstić information content (AvgIpc) is 2.92. The minimum Gasteiger partial charge on any atom is -0.304 e. The Labute approximate surface area is 128 Å². The van der Waals surface area contributed by atoms with Crippen LogP contribution in [0.2, 0.25) is 0 Å². The molecule has 0 aliphatic rings. The zero-order chi connectivity index (χ0) is 16.6. The van der Waals surface area contributed by atoms with Gasteiger partial charge in [0.1, 0.15) is 0 Å². The van der Waals surface area contributed by atoms with Gasteiger partial charge in [-0.25, -0.2) is 9.18 Å². The minimum absolute atomic E-state index is 0.525. The molecule has 3 aromatic rings. The predicted octanol–water partition coefficient (Wildman–Crippen LogP) is 4.88. The molecule has 7 heteroatoms. The number of rotatable bonds is 1. The topological polar surface area (TPSA) is 34.0 Å². The number of halogens is 4. The molecule has 0 bridgehead atoms. The summed E-state index contributed by atoms with van der Waals surface area (Å²) in [6.07, 6.45) is -3.36. The molecule has 2 aromatic carbocycles. The Bertz CT molecular complexity index is 883. The summed E-state index contributed by atoms with van der Waals surface area (Å²) in [5.74, 6) is -1.51. The lowest BCUT2D eigenvalue weighted by molar-refractivity contribution is -0.139. The average molecular weight is 322 g/mol. The summed E-state index contributed by atoms with van der Waals surface area (Å²) in [6, 6.07) is 10.6. The van der Waals surface area contributed by atoms with Gasteiger partial charge in [0, 0.05) is 11.6 Å². The van der Waals surface area contributed by atoms with E-state index in [1.807, 2.05) is 0 Å². The summed E-state index contributed by atoms with van der Waals surface area (Å²) < 4.78 is 53.2. The van der Waals surface area contributed by atoms with Gasteiger partial charge in [-0.1, -0.05) is 24.3 Å². The highest BCUT2D eigenvalue weighted by molar-refractivity contribution is 5.98. The van der Waals surface area contributed by atoms with Gasteiger partial charge >= 0.3 is 12.2 Å². The fourth-order valence-electron chi connectivity index (χ4n) is 2.28. The maximum atomic E-state index is 13.9. The first kappa shape index (κ1) is 15.1. The molecule has 1 amide bonds. The number of aromatic nitrogens is 1. The van der Waals surface area contributed by atoms with Crippen LogP contribution in [0.25, 0.3) is 10.9 Å². The molecule has 3 nitrogen and oxygen atoms in total. The molecule has 0 fully saturated rings. The molecule has 0 radical (unpaired) electrons. The summed E-state index contributed by atoms with van der Waals surface area (Å²) in [4.78, 5) is 12.2. The van der Waals surface area contributed by atoms with Crippen LogP contribution in [0.4, 0.5) is 28.0 Å². The van der Waals surface area contributed by atoms with E-state index in [1.165, 1.54) is 10.8 Å². The van der Waals surface area contributed by atoms with E-state index in [0.717, 1.165) is 17.5 Å². The maximum Gasteiger partial charge on any atom is 0.419 e. The number of alkyl halides is 3. The number of anilines is 1. The van der Waals surface area contributed by atoms with E-state index in [9.17, 15) is 22.4 Å². The number of carbonyl (C=O) groups excluding carboxylic acids is 1. The largest absolute Gasteiger partial charge is 0.419 e. The van der Waals surface area contributed by atoms with Crippen LogP contribution in [-0.4, -0.2) is 10.6 Å². The summed E-state index contributed by atoms with van der Waals surface area (Å²) >= 11 is 0. The lowest BCUT2D eigenvalue weighted by atomic mass is 10.2. The third-order valence-electron chi connectivity index (χ3n) is 3.36. The van der Waals surface area contributed by atoms with Gasteiger partial charge in [0.05, 0.1) is 16.8 Å². The van der Waals surface area contributed by atoms with Crippen molar-refractivity contribution in [3.8, 4) is 0 Å². The number of hydrogen-bond donors (Lipinski definition) is 1. The van der Waals surface area contributed by atoms with Crippen LogP contribution in [0.15, 0.2) is 54.7 Å².